The number of rotatable bonds is 6. The molecule has 1 aliphatic heterocycles. The molecule has 10 heteroatoms. The van der Waals surface area contributed by atoms with Crippen molar-refractivity contribution in [2.75, 3.05) is 17.2 Å². The number of hydrogen-bond acceptors (Lipinski definition) is 3. The molecule has 6 nitrogen and oxygen atoms in total. The Morgan fingerprint density at radius 1 is 1.20 bits per heavy atom. The van der Waals surface area contributed by atoms with Gasteiger partial charge in [-0.3, -0.25) is 4.79 Å². The Hall–Kier alpha value is -3.27. The highest BCUT2D eigenvalue weighted by molar-refractivity contribution is 9.10. The normalized spacial score (nSPS) is 13.2. The maximum absolute atomic E-state index is 13.5. The van der Waals surface area contributed by atoms with Crippen molar-refractivity contribution >= 4 is 39.2 Å². The van der Waals surface area contributed by atoms with Crippen molar-refractivity contribution in [2.24, 2.45) is 0 Å². The summed E-state index contributed by atoms with van der Waals surface area (Å²) in [6.07, 6.45) is -2.61. The molecule has 0 saturated carbocycles. The Bertz CT molecular complexity index is 1300. The molecule has 1 amide bonds. The largest absolute Gasteiger partial charge is 0.478 e. The molecule has 1 aromatic heterocycles. The molecule has 3 aromatic rings. The molecule has 0 radical (unpaired) electrons. The lowest BCUT2D eigenvalue weighted by atomic mass is 10.0. The van der Waals surface area contributed by atoms with Crippen LogP contribution in [-0.4, -0.2) is 28.1 Å². The van der Waals surface area contributed by atoms with E-state index in [9.17, 15) is 27.9 Å². The number of hydrogen-bond donors (Lipinski definition) is 3. The standard InChI is InChI=1S/C25H23BrF3N3O3/c1-2-16-17(24(34)35)8-4-9-18(16)31-23(33)22-20(26)21-19(10-5-11-30-21)32(22)13-14-6-3-7-15(12-14)25(27,28)29/h3-4,6-9,12,30H,2,5,10-11,13H2,1H3,(H,31,33)(H,34,35). The molecular formula is C25H23BrF3N3O3. The summed E-state index contributed by atoms with van der Waals surface area (Å²) >= 11 is 3.52. The van der Waals surface area contributed by atoms with Gasteiger partial charge in [0.05, 0.1) is 21.3 Å². The van der Waals surface area contributed by atoms with E-state index < -0.39 is 23.6 Å². The number of carboxylic acid groups (broad SMARTS) is 1. The van der Waals surface area contributed by atoms with E-state index in [4.69, 9.17) is 0 Å². The van der Waals surface area contributed by atoms with Gasteiger partial charge in [-0.15, -0.1) is 0 Å². The van der Waals surface area contributed by atoms with Crippen LogP contribution in [0.4, 0.5) is 24.5 Å². The number of aromatic nitrogens is 1. The second-order valence-electron chi connectivity index (χ2n) is 8.24. The topological polar surface area (TPSA) is 83.4 Å². The number of aromatic carboxylic acids is 1. The second-order valence-corrected chi connectivity index (χ2v) is 9.04. The first kappa shape index (κ1) is 24.8. The van der Waals surface area contributed by atoms with Crippen molar-refractivity contribution in [3.63, 3.8) is 0 Å². The van der Waals surface area contributed by atoms with E-state index in [1.807, 2.05) is 0 Å². The maximum atomic E-state index is 13.5. The van der Waals surface area contributed by atoms with Crippen LogP contribution in [0.25, 0.3) is 0 Å². The van der Waals surface area contributed by atoms with Gasteiger partial charge in [-0.1, -0.05) is 25.1 Å². The van der Waals surface area contributed by atoms with Crippen molar-refractivity contribution < 1.29 is 27.9 Å². The quantitative estimate of drug-likeness (QED) is 0.342. The van der Waals surface area contributed by atoms with Crippen molar-refractivity contribution in [2.45, 2.75) is 38.9 Å². The summed E-state index contributed by atoms with van der Waals surface area (Å²) in [5.41, 5.74) is 2.44. The van der Waals surface area contributed by atoms with E-state index in [1.165, 1.54) is 12.1 Å². The zero-order chi connectivity index (χ0) is 25.3. The number of halogens is 4. The SMILES string of the molecule is CCc1c(NC(=O)c2c(Br)c3c(n2Cc2cccc(C(F)(F)F)c2)CCCN3)cccc1C(=O)O. The summed E-state index contributed by atoms with van der Waals surface area (Å²) in [4.78, 5) is 25.1. The van der Waals surface area contributed by atoms with E-state index in [1.54, 1.807) is 29.7 Å². The first-order valence-corrected chi connectivity index (χ1v) is 11.9. The maximum Gasteiger partial charge on any atom is 0.416 e. The van der Waals surface area contributed by atoms with Gasteiger partial charge < -0.3 is 20.3 Å². The molecule has 35 heavy (non-hydrogen) atoms. The molecule has 0 bridgehead atoms. The highest BCUT2D eigenvalue weighted by Gasteiger charge is 2.31. The van der Waals surface area contributed by atoms with E-state index in [-0.39, 0.29) is 17.8 Å². The number of carboxylic acids is 1. The van der Waals surface area contributed by atoms with Gasteiger partial charge in [0.25, 0.3) is 5.91 Å². The van der Waals surface area contributed by atoms with E-state index in [0.29, 0.717) is 40.7 Å². The van der Waals surface area contributed by atoms with Gasteiger partial charge in [-0.05, 0) is 70.6 Å². The van der Waals surface area contributed by atoms with Crippen molar-refractivity contribution in [1.82, 2.24) is 4.57 Å². The molecule has 2 aromatic carbocycles. The van der Waals surface area contributed by atoms with Crippen LogP contribution in [0.15, 0.2) is 46.9 Å². The third-order valence-corrected chi connectivity index (χ3v) is 6.79. The van der Waals surface area contributed by atoms with Gasteiger partial charge in [-0.2, -0.15) is 13.2 Å². The summed E-state index contributed by atoms with van der Waals surface area (Å²) in [5.74, 6) is -1.58. The summed E-state index contributed by atoms with van der Waals surface area (Å²) in [6, 6.07) is 9.72. The lowest BCUT2D eigenvalue weighted by Crippen LogP contribution is -2.21. The van der Waals surface area contributed by atoms with Gasteiger partial charge in [0.2, 0.25) is 0 Å². The van der Waals surface area contributed by atoms with Crippen LogP contribution in [0.2, 0.25) is 0 Å². The minimum Gasteiger partial charge on any atom is -0.478 e. The highest BCUT2D eigenvalue weighted by Crippen LogP contribution is 2.38. The Kier molecular flexibility index (Phi) is 6.93. The van der Waals surface area contributed by atoms with E-state index in [2.05, 4.69) is 26.6 Å². The van der Waals surface area contributed by atoms with Gasteiger partial charge in [-0.25, -0.2) is 4.79 Å². The smallest absolute Gasteiger partial charge is 0.416 e. The summed E-state index contributed by atoms with van der Waals surface area (Å²) in [6.45, 7) is 2.57. The number of alkyl halides is 3. The van der Waals surface area contributed by atoms with Gasteiger partial charge >= 0.3 is 12.1 Å². The molecule has 0 fully saturated rings. The van der Waals surface area contributed by atoms with Crippen LogP contribution < -0.4 is 10.6 Å². The fourth-order valence-electron chi connectivity index (χ4n) is 4.43. The predicted octanol–water partition coefficient (Wildman–Crippen LogP) is 6.19. The second kappa shape index (κ2) is 9.77. The summed E-state index contributed by atoms with van der Waals surface area (Å²) in [5, 5.41) is 15.6. The van der Waals surface area contributed by atoms with Crippen LogP contribution in [0, 0.1) is 0 Å². The number of nitrogens with one attached hydrogen (secondary N) is 2. The highest BCUT2D eigenvalue weighted by atomic mass is 79.9. The third-order valence-electron chi connectivity index (χ3n) is 6.02. The Morgan fingerprint density at radius 2 is 1.94 bits per heavy atom. The molecule has 4 rings (SSSR count). The zero-order valence-corrected chi connectivity index (χ0v) is 20.4. The number of carbonyl (C=O) groups is 2. The minimum absolute atomic E-state index is 0.0675. The molecule has 2 heterocycles. The zero-order valence-electron chi connectivity index (χ0n) is 18.8. The van der Waals surface area contributed by atoms with Gasteiger partial charge in [0.1, 0.15) is 5.69 Å². The third kappa shape index (κ3) is 4.93. The first-order valence-electron chi connectivity index (χ1n) is 11.1. The molecule has 0 saturated heterocycles. The number of nitrogens with zero attached hydrogens (tertiary/aromatic N) is 1. The number of amides is 1. The molecular weight excluding hydrogens is 527 g/mol. The number of anilines is 2. The minimum atomic E-state index is -4.47. The Morgan fingerprint density at radius 3 is 2.63 bits per heavy atom. The molecule has 0 unspecified atom stereocenters. The van der Waals surface area contributed by atoms with Crippen molar-refractivity contribution in [1.29, 1.82) is 0 Å². The molecule has 3 N–H and O–H groups in total. The molecule has 0 spiro atoms. The lowest BCUT2D eigenvalue weighted by molar-refractivity contribution is -0.137. The number of fused-ring (bicyclic) bond motifs is 1. The fourth-order valence-corrected chi connectivity index (χ4v) is 5.20. The summed E-state index contributed by atoms with van der Waals surface area (Å²) in [7, 11) is 0. The van der Waals surface area contributed by atoms with Crippen LogP contribution in [-0.2, 0) is 25.6 Å². The Balaban J connectivity index is 1.76. The van der Waals surface area contributed by atoms with Crippen LogP contribution >= 0.6 is 15.9 Å². The number of carbonyl (C=O) groups excluding carboxylic acids is 1. The Labute approximate surface area is 208 Å². The molecule has 0 aliphatic carbocycles. The van der Waals surface area contributed by atoms with E-state index in [0.717, 1.165) is 29.9 Å². The van der Waals surface area contributed by atoms with E-state index >= 15 is 0 Å². The molecule has 0 atom stereocenters. The fraction of sp³-hybridized carbons (Fsp3) is 0.280. The lowest BCUT2D eigenvalue weighted by Gasteiger charge is -2.19. The van der Waals surface area contributed by atoms with Crippen LogP contribution in [0.3, 0.4) is 0 Å². The average Bonchev–Trinajstić information content (AvgIpc) is 3.10. The van der Waals surface area contributed by atoms with Crippen LogP contribution in [0.1, 0.15) is 56.6 Å². The van der Waals surface area contributed by atoms with Crippen molar-refractivity contribution in [3.8, 4) is 0 Å². The van der Waals surface area contributed by atoms with Crippen LogP contribution in [0.5, 0.6) is 0 Å². The first-order chi connectivity index (χ1) is 16.6. The molecule has 1 aliphatic rings. The van der Waals surface area contributed by atoms with Gasteiger partial charge in [0.15, 0.2) is 0 Å². The van der Waals surface area contributed by atoms with Crippen molar-refractivity contribution in [3.05, 3.63) is 80.6 Å². The monoisotopic (exact) mass is 549 g/mol. The predicted molar refractivity (Wildman–Crippen MR) is 130 cm³/mol. The summed E-state index contributed by atoms with van der Waals surface area (Å²) < 4.78 is 42.0. The average molecular weight is 550 g/mol. The molecule has 184 valence electrons. The van der Waals surface area contributed by atoms with Gasteiger partial charge in [0, 0.05) is 24.5 Å². The number of benzene rings is 2.